The molecule has 0 spiro atoms. The van der Waals surface area contributed by atoms with Gasteiger partial charge in [-0.25, -0.2) is 0 Å². The number of benzene rings is 2. The van der Waals surface area contributed by atoms with Gasteiger partial charge in [-0.2, -0.15) is 0 Å². The second kappa shape index (κ2) is 7.18. The van der Waals surface area contributed by atoms with Crippen molar-refractivity contribution in [3.63, 3.8) is 0 Å². The first-order chi connectivity index (χ1) is 11.6. The van der Waals surface area contributed by atoms with Crippen molar-refractivity contribution < 1.29 is 4.79 Å². The van der Waals surface area contributed by atoms with Crippen LogP contribution >= 0.6 is 0 Å². The van der Waals surface area contributed by atoms with Crippen LogP contribution in [0.5, 0.6) is 0 Å². The molecule has 0 bridgehead atoms. The van der Waals surface area contributed by atoms with Crippen LogP contribution in [0.1, 0.15) is 43.5 Å². The van der Waals surface area contributed by atoms with Crippen molar-refractivity contribution in [1.82, 2.24) is 10.2 Å². The van der Waals surface area contributed by atoms with Gasteiger partial charge in [0.1, 0.15) is 0 Å². The van der Waals surface area contributed by atoms with Gasteiger partial charge in [0.25, 0.3) is 0 Å². The summed E-state index contributed by atoms with van der Waals surface area (Å²) >= 11 is 0. The molecule has 0 aliphatic carbocycles. The highest BCUT2D eigenvalue weighted by molar-refractivity contribution is 5.77. The summed E-state index contributed by atoms with van der Waals surface area (Å²) in [6.07, 6.45) is 0.493. The summed E-state index contributed by atoms with van der Waals surface area (Å²) in [5.74, 6) is 0.490. The maximum atomic E-state index is 12.6. The van der Waals surface area contributed by atoms with Gasteiger partial charge in [0.15, 0.2) is 0 Å². The summed E-state index contributed by atoms with van der Waals surface area (Å²) in [6.45, 7) is 4.36. The normalized spacial score (nSPS) is 25.3. The third kappa shape index (κ3) is 3.36. The van der Waals surface area contributed by atoms with E-state index in [-0.39, 0.29) is 24.0 Å². The summed E-state index contributed by atoms with van der Waals surface area (Å²) in [6, 6.07) is 21.2. The topological polar surface area (TPSA) is 32.3 Å². The number of carbonyl (C=O) groups is 1. The molecule has 3 rings (SSSR count). The highest BCUT2D eigenvalue weighted by Gasteiger charge is 2.38. The Balaban J connectivity index is 2.05. The maximum Gasteiger partial charge on any atom is 0.222 e. The Labute approximate surface area is 144 Å². The first-order valence-electron chi connectivity index (χ1n) is 8.69. The standard InChI is InChI=1S/C21H26N2O/c1-15(2)20-21(17-12-8-5-9-13-17)23(3)18(14-19(24)22-20)16-10-6-4-7-11-16/h4-13,15,18,20-21H,14H2,1-3H3,(H,22,24)/t18-,20-,21-/m1/s1. The smallest absolute Gasteiger partial charge is 0.222 e. The average Bonchev–Trinajstić information content (AvgIpc) is 2.73. The predicted octanol–water partition coefficient (Wildman–Crippen LogP) is 3.95. The molecule has 1 heterocycles. The average molecular weight is 322 g/mol. The fourth-order valence-electron chi connectivity index (χ4n) is 3.74. The first-order valence-corrected chi connectivity index (χ1v) is 8.69. The molecule has 1 saturated heterocycles. The first kappa shape index (κ1) is 16.7. The molecule has 0 radical (unpaired) electrons. The van der Waals surface area contributed by atoms with Gasteiger partial charge in [-0.1, -0.05) is 74.5 Å². The van der Waals surface area contributed by atoms with Crippen LogP contribution in [0.3, 0.4) is 0 Å². The molecular weight excluding hydrogens is 296 g/mol. The van der Waals surface area contributed by atoms with Gasteiger partial charge in [0.2, 0.25) is 5.91 Å². The number of nitrogens with one attached hydrogen (secondary N) is 1. The molecule has 24 heavy (non-hydrogen) atoms. The van der Waals surface area contributed by atoms with E-state index >= 15 is 0 Å². The van der Waals surface area contributed by atoms with Crippen molar-refractivity contribution in [3.05, 3.63) is 71.8 Å². The van der Waals surface area contributed by atoms with Gasteiger partial charge in [0, 0.05) is 12.5 Å². The van der Waals surface area contributed by atoms with Crippen molar-refractivity contribution in [2.75, 3.05) is 7.05 Å². The monoisotopic (exact) mass is 322 g/mol. The maximum absolute atomic E-state index is 12.6. The number of amides is 1. The Kier molecular flexibility index (Phi) is 5.00. The van der Waals surface area contributed by atoms with Gasteiger partial charge in [0.05, 0.1) is 12.1 Å². The van der Waals surface area contributed by atoms with E-state index in [9.17, 15) is 4.79 Å². The Hall–Kier alpha value is -2.13. The number of hydrogen-bond acceptors (Lipinski definition) is 2. The van der Waals surface area contributed by atoms with Crippen LogP contribution in [-0.4, -0.2) is 23.9 Å². The molecule has 3 nitrogen and oxygen atoms in total. The van der Waals surface area contributed by atoms with Crippen LogP contribution in [-0.2, 0) is 4.79 Å². The minimum absolute atomic E-state index is 0.0835. The summed E-state index contributed by atoms with van der Waals surface area (Å²) in [5, 5.41) is 3.28. The summed E-state index contributed by atoms with van der Waals surface area (Å²) in [7, 11) is 2.14. The molecule has 1 N–H and O–H groups in total. The Morgan fingerprint density at radius 2 is 1.50 bits per heavy atom. The number of nitrogens with zero attached hydrogens (tertiary/aromatic N) is 1. The molecule has 0 unspecified atom stereocenters. The Bertz CT molecular complexity index is 669. The van der Waals surface area contributed by atoms with E-state index in [0.29, 0.717) is 12.3 Å². The molecule has 1 fully saturated rings. The highest BCUT2D eigenvalue weighted by atomic mass is 16.1. The van der Waals surface area contributed by atoms with Crippen molar-refractivity contribution >= 4 is 5.91 Å². The SMILES string of the molecule is CC(C)[C@H]1NC(=O)C[C@H](c2ccccc2)N(C)[C@@H]1c1ccccc1. The third-order valence-corrected chi connectivity index (χ3v) is 5.02. The molecule has 1 aliphatic rings. The van der Waals surface area contributed by atoms with Gasteiger partial charge in [-0.3, -0.25) is 9.69 Å². The van der Waals surface area contributed by atoms with Gasteiger partial charge in [-0.05, 0) is 24.1 Å². The van der Waals surface area contributed by atoms with Crippen molar-refractivity contribution in [2.45, 2.75) is 38.4 Å². The number of rotatable bonds is 3. The summed E-state index contributed by atoms with van der Waals surface area (Å²) in [5.41, 5.74) is 2.45. The lowest BCUT2D eigenvalue weighted by atomic mass is 9.89. The fraction of sp³-hybridized carbons (Fsp3) is 0.381. The van der Waals surface area contributed by atoms with Crippen LogP contribution < -0.4 is 5.32 Å². The zero-order chi connectivity index (χ0) is 17.1. The van der Waals surface area contributed by atoms with Crippen LogP contribution in [0.25, 0.3) is 0 Å². The lowest BCUT2D eigenvalue weighted by Crippen LogP contribution is -2.44. The molecule has 1 aliphatic heterocycles. The van der Waals surface area contributed by atoms with Crippen molar-refractivity contribution in [2.24, 2.45) is 5.92 Å². The lowest BCUT2D eigenvalue weighted by Gasteiger charge is -2.38. The van der Waals surface area contributed by atoms with E-state index < -0.39 is 0 Å². The van der Waals surface area contributed by atoms with E-state index in [4.69, 9.17) is 0 Å². The Morgan fingerprint density at radius 3 is 2.04 bits per heavy atom. The number of carbonyl (C=O) groups excluding carboxylic acids is 1. The zero-order valence-corrected chi connectivity index (χ0v) is 14.6. The van der Waals surface area contributed by atoms with Crippen LogP contribution in [0, 0.1) is 5.92 Å². The van der Waals surface area contributed by atoms with Gasteiger partial charge >= 0.3 is 0 Å². The molecule has 0 aromatic heterocycles. The molecule has 3 heteroatoms. The number of likely N-dealkylation sites (N-methyl/N-ethyl adjacent to an activating group) is 1. The van der Waals surface area contributed by atoms with Crippen LogP contribution in [0.2, 0.25) is 0 Å². The number of hydrogen-bond donors (Lipinski definition) is 1. The van der Waals surface area contributed by atoms with E-state index in [2.05, 4.69) is 67.5 Å². The second-order valence-electron chi connectivity index (χ2n) is 6.99. The van der Waals surface area contributed by atoms with E-state index in [1.807, 2.05) is 24.3 Å². The van der Waals surface area contributed by atoms with Gasteiger partial charge < -0.3 is 5.32 Å². The fourth-order valence-corrected chi connectivity index (χ4v) is 3.74. The van der Waals surface area contributed by atoms with Crippen LogP contribution in [0.15, 0.2) is 60.7 Å². The lowest BCUT2D eigenvalue weighted by molar-refractivity contribution is -0.122. The highest BCUT2D eigenvalue weighted by Crippen LogP contribution is 2.37. The Morgan fingerprint density at radius 1 is 0.958 bits per heavy atom. The molecular formula is C21H26N2O. The van der Waals surface area contributed by atoms with Crippen molar-refractivity contribution in [1.29, 1.82) is 0 Å². The second-order valence-corrected chi connectivity index (χ2v) is 6.99. The zero-order valence-electron chi connectivity index (χ0n) is 14.6. The largest absolute Gasteiger partial charge is 0.351 e. The molecule has 3 atom stereocenters. The molecule has 126 valence electrons. The van der Waals surface area contributed by atoms with E-state index in [1.54, 1.807) is 0 Å². The molecule has 2 aromatic carbocycles. The summed E-state index contributed by atoms with van der Waals surface area (Å²) < 4.78 is 0. The van der Waals surface area contributed by atoms with E-state index in [0.717, 1.165) is 0 Å². The molecule has 2 aromatic rings. The summed E-state index contributed by atoms with van der Waals surface area (Å²) in [4.78, 5) is 14.9. The van der Waals surface area contributed by atoms with Crippen molar-refractivity contribution in [3.8, 4) is 0 Å². The predicted molar refractivity (Wildman–Crippen MR) is 97.5 cm³/mol. The van der Waals surface area contributed by atoms with Gasteiger partial charge in [-0.15, -0.1) is 0 Å². The third-order valence-electron chi connectivity index (χ3n) is 5.02. The molecule has 0 saturated carbocycles. The quantitative estimate of drug-likeness (QED) is 0.928. The minimum atomic E-state index is 0.0835. The molecule has 1 amide bonds. The van der Waals surface area contributed by atoms with Crippen LogP contribution in [0.4, 0.5) is 0 Å². The van der Waals surface area contributed by atoms with E-state index in [1.165, 1.54) is 11.1 Å². The minimum Gasteiger partial charge on any atom is -0.351 e.